The van der Waals surface area contributed by atoms with E-state index in [1.54, 1.807) is 12.1 Å². The van der Waals surface area contributed by atoms with Crippen LogP contribution < -0.4 is 5.32 Å². The molecule has 1 aliphatic carbocycles. The standard InChI is InChI=1S/C17H17N3O/c21-14-5-3-13(4-6-14)15-7-8-16-17(18-9-10-20(15)16)19-11-12-1-2-12/h3-10,12,21H,1-2,11H2,(H,18,19). The molecular formula is C17H17N3O. The van der Waals surface area contributed by atoms with Gasteiger partial charge in [0.1, 0.15) is 11.6 Å². The van der Waals surface area contributed by atoms with Crippen LogP contribution >= 0.6 is 0 Å². The summed E-state index contributed by atoms with van der Waals surface area (Å²) >= 11 is 0. The average Bonchev–Trinajstić information content (AvgIpc) is 3.24. The second-order valence-electron chi connectivity index (χ2n) is 5.62. The van der Waals surface area contributed by atoms with E-state index in [2.05, 4.69) is 26.8 Å². The molecule has 3 aromatic rings. The molecule has 21 heavy (non-hydrogen) atoms. The summed E-state index contributed by atoms with van der Waals surface area (Å²) in [6.07, 6.45) is 6.46. The van der Waals surface area contributed by atoms with Gasteiger partial charge in [0.25, 0.3) is 0 Å². The van der Waals surface area contributed by atoms with Gasteiger partial charge < -0.3 is 14.8 Å². The van der Waals surface area contributed by atoms with Gasteiger partial charge in [0, 0.05) is 18.9 Å². The molecule has 0 bridgehead atoms. The first-order valence-electron chi connectivity index (χ1n) is 7.30. The van der Waals surface area contributed by atoms with Gasteiger partial charge in [-0.25, -0.2) is 4.98 Å². The zero-order chi connectivity index (χ0) is 14.2. The summed E-state index contributed by atoms with van der Waals surface area (Å²) in [5.41, 5.74) is 3.26. The Labute approximate surface area is 123 Å². The van der Waals surface area contributed by atoms with E-state index in [1.165, 1.54) is 12.8 Å². The van der Waals surface area contributed by atoms with Crippen LogP contribution in [0.25, 0.3) is 16.8 Å². The molecule has 1 aromatic carbocycles. The molecule has 4 nitrogen and oxygen atoms in total. The third-order valence-corrected chi connectivity index (χ3v) is 4.00. The first-order chi connectivity index (χ1) is 10.3. The summed E-state index contributed by atoms with van der Waals surface area (Å²) in [5, 5.41) is 12.9. The highest BCUT2D eigenvalue weighted by molar-refractivity contribution is 5.75. The lowest BCUT2D eigenvalue weighted by atomic mass is 10.1. The predicted octanol–water partition coefficient (Wildman–Crippen LogP) is 3.53. The number of benzene rings is 1. The van der Waals surface area contributed by atoms with Gasteiger partial charge in [-0.05, 0) is 60.7 Å². The number of anilines is 1. The van der Waals surface area contributed by atoms with Gasteiger partial charge in [-0.2, -0.15) is 0 Å². The Bertz CT molecular complexity index is 772. The minimum atomic E-state index is 0.285. The maximum atomic E-state index is 9.41. The molecule has 0 unspecified atom stereocenters. The smallest absolute Gasteiger partial charge is 0.150 e. The van der Waals surface area contributed by atoms with E-state index in [-0.39, 0.29) is 5.75 Å². The summed E-state index contributed by atoms with van der Waals surface area (Å²) in [6.45, 7) is 1.01. The zero-order valence-electron chi connectivity index (χ0n) is 11.7. The predicted molar refractivity (Wildman–Crippen MR) is 83.5 cm³/mol. The number of hydrogen-bond donors (Lipinski definition) is 2. The van der Waals surface area contributed by atoms with Crippen LogP contribution in [-0.2, 0) is 0 Å². The highest BCUT2D eigenvalue weighted by Crippen LogP contribution is 2.30. The Hall–Kier alpha value is -2.49. The van der Waals surface area contributed by atoms with Crippen molar-refractivity contribution in [3.63, 3.8) is 0 Å². The van der Waals surface area contributed by atoms with E-state index in [1.807, 2.05) is 24.5 Å². The van der Waals surface area contributed by atoms with Crippen LogP contribution in [0.1, 0.15) is 12.8 Å². The van der Waals surface area contributed by atoms with E-state index in [4.69, 9.17) is 0 Å². The van der Waals surface area contributed by atoms with Crippen molar-refractivity contribution < 1.29 is 5.11 Å². The third kappa shape index (κ3) is 2.33. The quantitative estimate of drug-likeness (QED) is 0.768. The van der Waals surface area contributed by atoms with E-state index in [0.717, 1.165) is 35.1 Å². The monoisotopic (exact) mass is 279 g/mol. The largest absolute Gasteiger partial charge is 0.508 e. The van der Waals surface area contributed by atoms with Crippen molar-refractivity contribution in [2.45, 2.75) is 12.8 Å². The lowest BCUT2D eigenvalue weighted by Gasteiger charge is -2.08. The molecule has 1 aliphatic rings. The number of nitrogens with zero attached hydrogens (tertiary/aromatic N) is 2. The number of rotatable bonds is 4. The Balaban J connectivity index is 1.73. The van der Waals surface area contributed by atoms with Gasteiger partial charge in [0.2, 0.25) is 0 Å². The number of phenolic OH excluding ortho intramolecular Hbond substituents is 1. The van der Waals surface area contributed by atoms with Gasteiger partial charge in [-0.3, -0.25) is 0 Å². The number of hydrogen-bond acceptors (Lipinski definition) is 3. The maximum absolute atomic E-state index is 9.41. The number of phenols is 1. The SMILES string of the molecule is Oc1ccc(-c2ccc3c(NCC4CC4)nccn23)cc1. The van der Waals surface area contributed by atoms with E-state index < -0.39 is 0 Å². The number of aromatic nitrogens is 2. The van der Waals surface area contributed by atoms with Crippen LogP contribution in [0.15, 0.2) is 48.8 Å². The molecule has 4 rings (SSSR count). The molecular weight excluding hydrogens is 262 g/mol. The highest BCUT2D eigenvalue weighted by atomic mass is 16.3. The molecule has 2 aromatic heterocycles. The van der Waals surface area contributed by atoms with Crippen LogP contribution in [-0.4, -0.2) is 21.0 Å². The van der Waals surface area contributed by atoms with Gasteiger partial charge in [0.15, 0.2) is 0 Å². The minimum Gasteiger partial charge on any atom is -0.508 e. The summed E-state index contributed by atoms with van der Waals surface area (Å²) < 4.78 is 2.13. The Morgan fingerprint density at radius 1 is 1.14 bits per heavy atom. The zero-order valence-corrected chi connectivity index (χ0v) is 11.7. The molecule has 106 valence electrons. The number of fused-ring (bicyclic) bond motifs is 1. The molecule has 2 N–H and O–H groups in total. The molecule has 0 amide bonds. The minimum absolute atomic E-state index is 0.285. The molecule has 1 saturated carbocycles. The van der Waals surface area contributed by atoms with Crippen molar-refractivity contribution >= 4 is 11.3 Å². The van der Waals surface area contributed by atoms with E-state index in [0.29, 0.717) is 0 Å². The number of aromatic hydroxyl groups is 1. The highest BCUT2D eigenvalue weighted by Gasteiger charge is 2.21. The normalized spacial score (nSPS) is 14.5. The summed E-state index contributed by atoms with van der Waals surface area (Å²) in [4.78, 5) is 4.46. The molecule has 0 radical (unpaired) electrons. The molecule has 0 aliphatic heterocycles. The summed E-state index contributed by atoms with van der Waals surface area (Å²) in [6, 6.07) is 11.4. The fourth-order valence-corrected chi connectivity index (χ4v) is 2.61. The molecule has 2 heterocycles. The fourth-order valence-electron chi connectivity index (χ4n) is 2.61. The van der Waals surface area contributed by atoms with Gasteiger partial charge in [-0.15, -0.1) is 0 Å². The Morgan fingerprint density at radius 3 is 2.71 bits per heavy atom. The third-order valence-electron chi connectivity index (χ3n) is 4.00. The van der Waals surface area contributed by atoms with Crippen molar-refractivity contribution in [2.75, 3.05) is 11.9 Å². The Morgan fingerprint density at radius 2 is 1.95 bits per heavy atom. The molecule has 4 heteroatoms. The van der Waals surface area contributed by atoms with Crippen LogP contribution in [0.2, 0.25) is 0 Å². The molecule has 0 spiro atoms. The average molecular weight is 279 g/mol. The van der Waals surface area contributed by atoms with Gasteiger partial charge in [0.05, 0.1) is 11.2 Å². The van der Waals surface area contributed by atoms with Crippen LogP contribution in [0, 0.1) is 5.92 Å². The second-order valence-corrected chi connectivity index (χ2v) is 5.62. The summed E-state index contributed by atoms with van der Waals surface area (Å²) in [7, 11) is 0. The summed E-state index contributed by atoms with van der Waals surface area (Å²) in [5.74, 6) is 2.04. The van der Waals surface area contributed by atoms with Crippen molar-refractivity contribution in [2.24, 2.45) is 5.92 Å². The maximum Gasteiger partial charge on any atom is 0.150 e. The first kappa shape index (κ1) is 12.3. The van der Waals surface area contributed by atoms with Crippen molar-refractivity contribution in [1.82, 2.24) is 9.38 Å². The van der Waals surface area contributed by atoms with Crippen LogP contribution in [0.5, 0.6) is 5.75 Å². The fraction of sp³-hybridized carbons (Fsp3) is 0.235. The van der Waals surface area contributed by atoms with Crippen molar-refractivity contribution in [3.05, 3.63) is 48.8 Å². The second kappa shape index (κ2) is 4.81. The van der Waals surface area contributed by atoms with Crippen LogP contribution in [0.4, 0.5) is 5.82 Å². The lowest BCUT2D eigenvalue weighted by molar-refractivity contribution is 0.475. The number of nitrogens with one attached hydrogen (secondary N) is 1. The van der Waals surface area contributed by atoms with Crippen molar-refractivity contribution in [1.29, 1.82) is 0 Å². The molecule has 1 fully saturated rings. The first-order valence-corrected chi connectivity index (χ1v) is 7.30. The Kier molecular flexibility index (Phi) is 2.81. The van der Waals surface area contributed by atoms with E-state index >= 15 is 0 Å². The van der Waals surface area contributed by atoms with Gasteiger partial charge in [-0.1, -0.05) is 0 Å². The van der Waals surface area contributed by atoms with E-state index in [9.17, 15) is 5.11 Å². The lowest BCUT2D eigenvalue weighted by Crippen LogP contribution is -2.06. The van der Waals surface area contributed by atoms with Gasteiger partial charge >= 0.3 is 0 Å². The van der Waals surface area contributed by atoms with Crippen molar-refractivity contribution in [3.8, 4) is 17.0 Å². The molecule has 0 saturated heterocycles. The molecule has 0 atom stereocenters. The topological polar surface area (TPSA) is 49.6 Å². The van der Waals surface area contributed by atoms with Crippen LogP contribution in [0.3, 0.4) is 0 Å².